The molecule has 0 radical (unpaired) electrons. The van der Waals surface area contributed by atoms with E-state index in [2.05, 4.69) is 9.80 Å². The minimum absolute atomic E-state index is 0.0990. The van der Waals surface area contributed by atoms with E-state index in [1.54, 1.807) is 0 Å². The van der Waals surface area contributed by atoms with E-state index in [-0.39, 0.29) is 6.61 Å². The molecule has 1 saturated heterocycles. The topological polar surface area (TPSA) is 71.2 Å². The maximum Gasteiger partial charge on any atom is 0.119 e. The molecule has 1 aliphatic heterocycles. The van der Waals surface area contributed by atoms with Crippen molar-refractivity contribution < 1.29 is 14.6 Å². The highest BCUT2D eigenvalue weighted by Gasteiger charge is 2.16. The van der Waals surface area contributed by atoms with Crippen molar-refractivity contribution in [3.05, 3.63) is 24.3 Å². The normalized spacial score (nSPS) is 16.8. The Bertz CT molecular complexity index is 406. The van der Waals surface area contributed by atoms with Gasteiger partial charge in [0.05, 0.1) is 19.8 Å². The van der Waals surface area contributed by atoms with Crippen LogP contribution < -0.4 is 10.5 Å². The number of aliphatic hydroxyl groups is 1. The van der Waals surface area contributed by atoms with Crippen molar-refractivity contribution in [3.8, 4) is 5.75 Å². The molecule has 0 amide bonds. The summed E-state index contributed by atoms with van der Waals surface area (Å²) >= 11 is 0. The van der Waals surface area contributed by atoms with Gasteiger partial charge in [0.15, 0.2) is 0 Å². The van der Waals surface area contributed by atoms with Crippen LogP contribution in [0.1, 0.15) is 0 Å². The summed E-state index contributed by atoms with van der Waals surface area (Å²) in [6, 6.07) is 7.51. The first-order valence-corrected chi connectivity index (χ1v) is 7.89. The van der Waals surface area contributed by atoms with E-state index in [0.717, 1.165) is 50.7 Å². The van der Waals surface area contributed by atoms with E-state index in [4.69, 9.17) is 20.3 Å². The molecule has 0 spiro atoms. The average Bonchev–Trinajstić information content (AvgIpc) is 2.55. The Morgan fingerprint density at radius 3 is 2.09 bits per heavy atom. The summed E-state index contributed by atoms with van der Waals surface area (Å²) in [5.41, 5.74) is 6.40. The number of piperazine rings is 1. The fraction of sp³-hybridized carbons (Fsp3) is 0.625. The molecule has 2 rings (SSSR count). The molecule has 0 aliphatic carbocycles. The monoisotopic (exact) mass is 309 g/mol. The van der Waals surface area contributed by atoms with Gasteiger partial charge in [0.1, 0.15) is 12.4 Å². The molecule has 22 heavy (non-hydrogen) atoms. The molecule has 1 aliphatic rings. The standard InChI is InChI=1S/C16H27N3O3/c17-15-1-3-16(4-2-15)22-13-10-19-7-5-18(6-8-19)9-12-21-14-11-20/h1-4,20H,5-14,17H2. The van der Waals surface area contributed by atoms with E-state index in [9.17, 15) is 0 Å². The highest BCUT2D eigenvalue weighted by atomic mass is 16.5. The Morgan fingerprint density at radius 2 is 1.50 bits per heavy atom. The van der Waals surface area contributed by atoms with E-state index < -0.39 is 0 Å². The number of nitrogen functional groups attached to an aromatic ring is 1. The number of rotatable bonds is 9. The Hall–Kier alpha value is -1.34. The second-order valence-corrected chi connectivity index (χ2v) is 5.44. The summed E-state index contributed by atoms with van der Waals surface area (Å²) in [4.78, 5) is 4.82. The van der Waals surface area contributed by atoms with Crippen molar-refractivity contribution in [2.45, 2.75) is 0 Å². The predicted octanol–water partition coefficient (Wildman–Crippen LogP) is 0.274. The van der Waals surface area contributed by atoms with Gasteiger partial charge in [-0.1, -0.05) is 0 Å². The Morgan fingerprint density at radius 1 is 0.909 bits per heavy atom. The molecule has 0 atom stereocenters. The van der Waals surface area contributed by atoms with Crippen LogP contribution in [0.15, 0.2) is 24.3 Å². The van der Waals surface area contributed by atoms with Gasteiger partial charge < -0.3 is 20.3 Å². The van der Waals surface area contributed by atoms with Crippen molar-refractivity contribution in [2.24, 2.45) is 0 Å². The van der Waals surface area contributed by atoms with Crippen LogP contribution in [0, 0.1) is 0 Å². The maximum absolute atomic E-state index is 8.65. The van der Waals surface area contributed by atoms with Gasteiger partial charge in [-0.15, -0.1) is 0 Å². The van der Waals surface area contributed by atoms with Gasteiger partial charge in [-0.3, -0.25) is 9.80 Å². The predicted molar refractivity (Wildman–Crippen MR) is 87.1 cm³/mol. The minimum atomic E-state index is 0.0990. The number of hydrogen-bond acceptors (Lipinski definition) is 6. The molecule has 1 heterocycles. The summed E-state index contributed by atoms with van der Waals surface area (Å²) in [6.45, 7) is 8.05. The van der Waals surface area contributed by atoms with Gasteiger partial charge in [-0.2, -0.15) is 0 Å². The van der Waals surface area contributed by atoms with E-state index in [1.807, 2.05) is 24.3 Å². The molecular weight excluding hydrogens is 282 g/mol. The first kappa shape index (κ1) is 17.0. The number of nitrogens with two attached hydrogens (primary N) is 1. The highest BCUT2D eigenvalue weighted by molar-refractivity contribution is 5.41. The number of anilines is 1. The van der Waals surface area contributed by atoms with Gasteiger partial charge in [0.25, 0.3) is 0 Å². The Balaban J connectivity index is 1.54. The lowest BCUT2D eigenvalue weighted by atomic mass is 10.3. The van der Waals surface area contributed by atoms with Crippen molar-refractivity contribution in [2.75, 3.05) is 71.4 Å². The van der Waals surface area contributed by atoms with Crippen molar-refractivity contribution in [1.29, 1.82) is 0 Å². The molecule has 6 heteroatoms. The first-order valence-electron chi connectivity index (χ1n) is 7.89. The minimum Gasteiger partial charge on any atom is -0.492 e. The van der Waals surface area contributed by atoms with Crippen LogP contribution in [-0.2, 0) is 4.74 Å². The van der Waals surface area contributed by atoms with Crippen molar-refractivity contribution in [1.82, 2.24) is 9.80 Å². The number of aliphatic hydroxyl groups excluding tert-OH is 1. The van der Waals surface area contributed by atoms with Crippen molar-refractivity contribution >= 4 is 5.69 Å². The lowest BCUT2D eigenvalue weighted by Crippen LogP contribution is -2.48. The van der Waals surface area contributed by atoms with Crippen LogP contribution in [0.2, 0.25) is 0 Å². The average molecular weight is 309 g/mol. The molecule has 3 N–H and O–H groups in total. The van der Waals surface area contributed by atoms with E-state index in [1.165, 1.54) is 0 Å². The summed E-state index contributed by atoms with van der Waals surface area (Å²) in [7, 11) is 0. The quantitative estimate of drug-likeness (QED) is 0.504. The molecule has 1 aromatic carbocycles. The molecule has 0 saturated carbocycles. The third kappa shape index (κ3) is 6.19. The SMILES string of the molecule is Nc1ccc(OCCN2CCN(CCOCCO)CC2)cc1. The van der Waals surface area contributed by atoms with Crippen LogP contribution in [0.25, 0.3) is 0 Å². The number of nitrogens with zero attached hydrogens (tertiary/aromatic N) is 2. The Labute approximate surface area is 132 Å². The van der Waals surface area contributed by atoms with Crippen LogP contribution in [-0.4, -0.2) is 80.6 Å². The Kier molecular flexibility index (Phi) is 7.45. The summed E-state index contributed by atoms with van der Waals surface area (Å²) in [5.74, 6) is 0.869. The molecule has 0 bridgehead atoms. The summed E-state index contributed by atoms with van der Waals surface area (Å²) in [5, 5.41) is 8.65. The smallest absolute Gasteiger partial charge is 0.119 e. The van der Waals surface area contributed by atoms with E-state index >= 15 is 0 Å². The molecule has 0 unspecified atom stereocenters. The van der Waals surface area contributed by atoms with Crippen LogP contribution in [0.5, 0.6) is 5.75 Å². The lowest BCUT2D eigenvalue weighted by molar-refractivity contribution is 0.0553. The molecule has 6 nitrogen and oxygen atoms in total. The third-order valence-electron chi connectivity index (χ3n) is 3.81. The van der Waals surface area contributed by atoms with Crippen molar-refractivity contribution in [3.63, 3.8) is 0 Å². The lowest BCUT2D eigenvalue weighted by Gasteiger charge is -2.34. The fourth-order valence-corrected chi connectivity index (χ4v) is 2.45. The van der Waals surface area contributed by atoms with Crippen LogP contribution in [0.4, 0.5) is 5.69 Å². The molecule has 0 aromatic heterocycles. The number of hydrogen-bond donors (Lipinski definition) is 2. The first-order chi connectivity index (χ1) is 10.8. The fourth-order valence-electron chi connectivity index (χ4n) is 2.45. The van der Waals surface area contributed by atoms with E-state index in [0.29, 0.717) is 19.8 Å². The van der Waals surface area contributed by atoms with Crippen LogP contribution >= 0.6 is 0 Å². The zero-order valence-electron chi connectivity index (χ0n) is 13.1. The molecule has 1 fully saturated rings. The highest BCUT2D eigenvalue weighted by Crippen LogP contribution is 2.13. The van der Waals surface area contributed by atoms with Gasteiger partial charge in [0.2, 0.25) is 0 Å². The molecule has 124 valence electrons. The molecular formula is C16H27N3O3. The molecule has 1 aromatic rings. The zero-order valence-corrected chi connectivity index (χ0v) is 13.1. The summed E-state index contributed by atoms with van der Waals surface area (Å²) < 4.78 is 11.0. The zero-order chi connectivity index (χ0) is 15.6. The summed E-state index contributed by atoms with van der Waals surface area (Å²) in [6.07, 6.45) is 0. The van der Waals surface area contributed by atoms with Crippen LogP contribution in [0.3, 0.4) is 0 Å². The maximum atomic E-state index is 8.65. The number of ether oxygens (including phenoxy) is 2. The number of benzene rings is 1. The largest absolute Gasteiger partial charge is 0.492 e. The third-order valence-corrected chi connectivity index (χ3v) is 3.81. The second kappa shape index (κ2) is 9.63. The van der Waals surface area contributed by atoms with Gasteiger partial charge in [-0.05, 0) is 24.3 Å². The van der Waals surface area contributed by atoms with Gasteiger partial charge in [0, 0.05) is 45.0 Å². The van der Waals surface area contributed by atoms with Gasteiger partial charge >= 0.3 is 0 Å². The second-order valence-electron chi connectivity index (χ2n) is 5.44. The van der Waals surface area contributed by atoms with Gasteiger partial charge in [-0.25, -0.2) is 0 Å².